The molecule has 0 spiro atoms. The van der Waals surface area contributed by atoms with Crippen molar-refractivity contribution < 1.29 is 42.6 Å². The van der Waals surface area contributed by atoms with Crippen molar-refractivity contribution in [3.8, 4) is 11.5 Å². The molecule has 0 aliphatic carbocycles. The summed E-state index contributed by atoms with van der Waals surface area (Å²) in [5.74, 6) is 1.12. The molecular formula is C21H20O2Y. The maximum atomic E-state index is 9.62. The molecule has 0 aliphatic rings. The number of rotatable bonds is 4. The number of phenols is 1. The van der Waals surface area contributed by atoms with Gasteiger partial charge in [-0.3, -0.25) is 0 Å². The summed E-state index contributed by atoms with van der Waals surface area (Å²) in [4.78, 5) is 0. The van der Waals surface area contributed by atoms with Gasteiger partial charge >= 0.3 is 0 Å². The Kier molecular flexibility index (Phi) is 6.20. The molecule has 1 atom stereocenters. The first-order valence-corrected chi connectivity index (χ1v) is 7.64. The van der Waals surface area contributed by atoms with Crippen molar-refractivity contribution in [1.29, 1.82) is 0 Å². The van der Waals surface area contributed by atoms with Gasteiger partial charge in [-0.1, -0.05) is 54.6 Å². The maximum absolute atomic E-state index is 9.62. The Morgan fingerprint density at radius 2 is 1.17 bits per heavy atom. The molecule has 24 heavy (non-hydrogen) atoms. The fraction of sp³-hybridized carbons (Fsp3) is 0.143. The monoisotopic (exact) mass is 393 g/mol. The van der Waals surface area contributed by atoms with E-state index in [-0.39, 0.29) is 43.9 Å². The van der Waals surface area contributed by atoms with Crippen LogP contribution in [0.5, 0.6) is 11.5 Å². The molecule has 1 N–H and O–H groups in total. The summed E-state index contributed by atoms with van der Waals surface area (Å²) >= 11 is 0. The van der Waals surface area contributed by atoms with Crippen LogP contribution in [0.3, 0.4) is 0 Å². The molecule has 3 heteroatoms. The molecule has 1 radical (unpaired) electrons. The van der Waals surface area contributed by atoms with Crippen LogP contribution >= 0.6 is 0 Å². The summed E-state index contributed by atoms with van der Waals surface area (Å²) in [6.45, 7) is 2.20. The van der Waals surface area contributed by atoms with Gasteiger partial charge in [0, 0.05) is 38.1 Å². The van der Waals surface area contributed by atoms with E-state index in [9.17, 15) is 5.11 Å². The molecule has 1 unspecified atom stereocenters. The van der Waals surface area contributed by atoms with Crippen LogP contribution in [0, 0.1) is 0 Å². The molecule has 0 aromatic heterocycles. The van der Waals surface area contributed by atoms with Gasteiger partial charge in [0.05, 0.1) is 7.11 Å². The van der Waals surface area contributed by atoms with Crippen LogP contribution in [-0.4, -0.2) is 12.2 Å². The van der Waals surface area contributed by atoms with E-state index in [2.05, 4.69) is 43.3 Å². The minimum Gasteiger partial charge on any atom is -0.508 e. The first kappa shape index (κ1) is 18.7. The van der Waals surface area contributed by atoms with Gasteiger partial charge in [-0.05, 0) is 47.9 Å². The molecule has 0 heterocycles. The van der Waals surface area contributed by atoms with Crippen molar-refractivity contribution in [1.82, 2.24) is 0 Å². The molecule has 3 aromatic carbocycles. The molecular weight excluding hydrogens is 373 g/mol. The van der Waals surface area contributed by atoms with E-state index >= 15 is 0 Å². The topological polar surface area (TPSA) is 29.5 Å². The Bertz CT molecular complexity index is 767. The first-order chi connectivity index (χ1) is 11.1. The third-order valence-electron chi connectivity index (χ3n) is 4.46. The largest absolute Gasteiger partial charge is 0.508 e. The first-order valence-electron chi connectivity index (χ1n) is 7.64. The Hall–Kier alpha value is -1.64. The van der Waals surface area contributed by atoms with Crippen LogP contribution in [0.4, 0.5) is 0 Å². The number of hydrogen-bond acceptors (Lipinski definition) is 2. The van der Waals surface area contributed by atoms with E-state index in [0.29, 0.717) is 0 Å². The summed E-state index contributed by atoms with van der Waals surface area (Å²) in [5, 5.41) is 9.62. The molecule has 119 valence electrons. The van der Waals surface area contributed by atoms with Gasteiger partial charge in [-0.15, -0.1) is 0 Å². The van der Waals surface area contributed by atoms with Crippen LogP contribution in [-0.2, 0) is 38.1 Å². The van der Waals surface area contributed by atoms with Crippen molar-refractivity contribution in [2.75, 3.05) is 7.11 Å². The average molecular weight is 393 g/mol. The molecule has 0 saturated heterocycles. The van der Waals surface area contributed by atoms with Crippen molar-refractivity contribution in [2.45, 2.75) is 12.3 Å². The van der Waals surface area contributed by atoms with Crippen LogP contribution in [0.1, 0.15) is 23.6 Å². The SMILES string of the molecule is COc1ccc(C(C)(c2ccccc2)c2ccc(O)cc2)cc1.[Y]. The third-order valence-corrected chi connectivity index (χ3v) is 4.46. The van der Waals surface area contributed by atoms with Crippen LogP contribution in [0.15, 0.2) is 78.9 Å². The van der Waals surface area contributed by atoms with Crippen LogP contribution in [0.2, 0.25) is 0 Å². The van der Waals surface area contributed by atoms with E-state index in [1.54, 1.807) is 19.2 Å². The second-order valence-corrected chi connectivity index (χ2v) is 5.77. The van der Waals surface area contributed by atoms with E-state index in [1.807, 2.05) is 30.3 Å². The predicted molar refractivity (Wildman–Crippen MR) is 93.1 cm³/mol. The molecule has 2 nitrogen and oxygen atoms in total. The second kappa shape index (κ2) is 7.96. The van der Waals surface area contributed by atoms with E-state index in [1.165, 1.54) is 11.1 Å². The molecule has 0 fully saturated rings. The smallest absolute Gasteiger partial charge is 0.118 e. The normalized spacial score (nSPS) is 12.8. The third kappa shape index (κ3) is 3.55. The Morgan fingerprint density at radius 3 is 1.67 bits per heavy atom. The van der Waals surface area contributed by atoms with Crippen molar-refractivity contribution in [2.24, 2.45) is 0 Å². The summed E-state index contributed by atoms with van der Waals surface area (Å²) in [6, 6.07) is 26.0. The van der Waals surface area contributed by atoms with Crippen molar-refractivity contribution in [3.63, 3.8) is 0 Å². The van der Waals surface area contributed by atoms with Gasteiger partial charge in [-0.25, -0.2) is 0 Å². The summed E-state index contributed by atoms with van der Waals surface area (Å²) < 4.78 is 5.28. The molecule has 0 amide bonds. The van der Waals surface area contributed by atoms with Gasteiger partial charge in [0.15, 0.2) is 0 Å². The fourth-order valence-corrected chi connectivity index (χ4v) is 2.99. The van der Waals surface area contributed by atoms with Gasteiger partial charge < -0.3 is 9.84 Å². The number of hydrogen-bond donors (Lipinski definition) is 1. The van der Waals surface area contributed by atoms with Gasteiger partial charge in [0.2, 0.25) is 0 Å². The number of benzene rings is 3. The standard InChI is InChI=1S/C21H20O2.Y/c1-21(16-6-4-3-5-7-16,17-8-12-19(22)13-9-17)18-10-14-20(23-2)15-11-18;/h3-15,22H,1-2H3;. The number of aromatic hydroxyl groups is 1. The van der Waals surface area contributed by atoms with E-state index in [4.69, 9.17) is 4.74 Å². The minimum atomic E-state index is -0.304. The fourth-order valence-electron chi connectivity index (χ4n) is 2.99. The predicted octanol–water partition coefficient (Wildman–Crippen LogP) is 4.75. The van der Waals surface area contributed by atoms with Crippen molar-refractivity contribution in [3.05, 3.63) is 95.6 Å². The summed E-state index contributed by atoms with van der Waals surface area (Å²) in [5.41, 5.74) is 3.21. The molecule has 0 saturated carbocycles. The number of ether oxygens (including phenoxy) is 1. The number of methoxy groups -OCH3 is 1. The maximum Gasteiger partial charge on any atom is 0.118 e. The van der Waals surface area contributed by atoms with Crippen LogP contribution < -0.4 is 4.74 Å². The average Bonchev–Trinajstić information content (AvgIpc) is 2.62. The van der Waals surface area contributed by atoms with Gasteiger partial charge in [-0.2, -0.15) is 0 Å². The zero-order valence-electron chi connectivity index (χ0n) is 13.9. The van der Waals surface area contributed by atoms with Crippen LogP contribution in [0.25, 0.3) is 0 Å². The Morgan fingerprint density at radius 1 is 0.708 bits per heavy atom. The zero-order chi connectivity index (χ0) is 16.3. The van der Waals surface area contributed by atoms with E-state index in [0.717, 1.165) is 11.3 Å². The summed E-state index contributed by atoms with van der Waals surface area (Å²) in [7, 11) is 1.67. The Balaban J connectivity index is 0.00000208. The summed E-state index contributed by atoms with van der Waals surface area (Å²) in [6.07, 6.45) is 0. The quantitative estimate of drug-likeness (QED) is 0.648. The molecule has 0 bridgehead atoms. The Labute approximate surface area is 168 Å². The zero-order valence-corrected chi connectivity index (χ0v) is 16.8. The molecule has 3 aromatic rings. The van der Waals surface area contributed by atoms with Gasteiger partial charge in [0.25, 0.3) is 0 Å². The second-order valence-electron chi connectivity index (χ2n) is 5.77. The van der Waals surface area contributed by atoms with Crippen molar-refractivity contribution >= 4 is 0 Å². The van der Waals surface area contributed by atoms with Gasteiger partial charge in [0.1, 0.15) is 11.5 Å². The van der Waals surface area contributed by atoms with E-state index < -0.39 is 0 Å². The number of phenolic OH excluding ortho intramolecular Hbond substituents is 1. The molecule has 3 rings (SSSR count). The minimum absolute atomic E-state index is 0. The molecule has 0 aliphatic heterocycles.